The third-order valence-corrected chi connectivity index (χ3v) is 4.67. The summed E-state index contributed by atoms with van der Waals surface area (Å²) in [5.41, 5.74) is 3.37. The molecular formula is C16H20BrN3S. The third kappa shape index (κ3) is 4.80. The summed E-state index contributed by atoms with van der Waals surface area (Å²) in [6, 6.07) is 8.30. The zero-order valence-electron chi connectivity index (χ0n) is 12.6. The second-order valence-corrected chi connectivity index (χ2v) is 6.78. The van der Waals surface area contributed by atoms with Gasteiger partial charge in [0.05, 0.1) is 5.75 Å². The van der Waals surface area contributed by atoms with E-state index in [9.17, 15) is 0 Å². The minimum atomic E-state index is 0.791. The number of rotatable bonds is 6. The zero-order valence-corrected chi connectivity index (χ0v) is 15.0. The van der Waals surface area contributed by atoms with Crippen molar-refractivity contribution < 1.29 is 0 Å². The highest BCUT2D eigenvalue weighted by atomic mass is 79.9. The number of halogens is 1. The van der Waals surface area contributed by atoms with Gasteiger partial charge in [-0.25, -0.2) is 9.97 Å². The molecule has 0 atom stereocenters. The lowest BCUT2D eigenvalue weighted by Crippen LogP contribution is -2.16. The van der Waals surface area contributed by atoms with Gasteiger partial charge in [0.15, 0.2) is 0 Å². The Labute approximate surface area is 139 Å². The number of hydrogen-bond acceptors (Lipinski definition) is 4. The van der Waals surface area contributed by atoms with Crippen LogP contribution in [-0.4, -0.2) is 16.5 Å². The molecule has 0 aliphatic rings. The van der Waals surface area contributed by atoms with Gasteiger partial charge in [-0.1, -0.05) is 28.9 Å². The summed E-state index contributed by atoms with van der Waals surface area (Å²) in [4.78, 5) is 10.5. The lowest BCUT2D eigenvalue weighted by molar-refractivity contribution is 0.707. The Kier molecular flexibility index (Phi) is 6.21. The first-order valence-electron chi connectivity index (χ1n) is 7.02. The zero-order chi connectivity index (χ0) is 15.2. The van der Waals surface area contributed by atoms with Crippen LogP contribution in [0.2, 0.25) is 0 Å². The summed E-state index contributed by atoms with van der Waals surface area (Å²) in [5, 5.41) is 3.34. The number of nitrogens with one attached hydrogen (secondary N) is 1. The predicted octanol–water partition coefficient (Wildman–Crippen LogP) is 4.26. The number of benzene rings is 1. The van der Waals surface area contributed by atoms with Crippen molar-refractivity contribution in [3.05, 3.63) is 51.5 Å². The summed E-state index contributed by atoms with van der Waals surface area (Å²) in [7, 11) is 0. The molecule has 2 aromatic rings. The molecule has 1 aromatic heterocycles. The summed E-state index contributed by atoms with van der Waals surface area (Å²) in [6.07, 6.45) is 0. The summed E-state index contributed by atoms with van der Waals surface area (Å²) >= 11 is 5.25. The first-order valence-corrected chi connectivity index (χ1v) is 8.80. The van der Waals surface area contributed by atoms with Gasteiger partial charge in [0.1, 0.15) is 5.82 Å². The lowest BCUT2D eigenvalue weighted by atomic mass is 10.1. The molecule has 3 nitrogen and oxygen atoms in total. The fourth-order valence-electron chi connectivity index (χ4n) is 2.08. The minimum Gasteiger partial charge on any atom is -0.313 e. The Balaban J connectivity index is 2.07. The van der Waals surface area contributed by atoms with Crippen LogP contribution in [0.1, 0.15) is 29.7 Å². The molecule has 1 aromatic carbocycles. The van der Waals surface area contributed by atoms with Crippen molar-refractivity contribution in [2.24, 2.45) is 0 Å². The normalized spacial score (nSPS) is 10.9. The van der Waals surface area contributed by atoms with Crippen molar-refractivity contribution in [1.82, 2.24) is 15.3 Å². The van der Waals surface area contributed by atoms with Crippen molar-refractivity contribution in [3.63, 3.8) is 0 Å². The maximum Gasteiger partial charge on any atom is 0.139 e. The highest BCUT2D eigenvalue weighted by molar-refractivity contribution is 9.10. The SMILES string of the molecule is CCNCc1c(C)nc(CSc2cccc(Br)c2)nc1C. The molecular weight excluding hydrogens is 346 g/mol. The smallest absolute Gasteiger partial charge is 0.139 e. The number of thioether (sulfide) groups is 1. The van der Waals surface area contributed by atoms with Gasteiger partial charge < -0.3 is 5.32 Å². The Bertz CT molecular complexity index is 593. The van der Waals surface area contributed by atoms with Gasteiger partial charge in [-0.15, -0.1) is 11.8 Å². The van der Waals surface area contributed by atoms with Gasteiger partial charge in [0.2, 0.25) is 0 Å². The van der Waals surface area contributed by atoms with Crippen molar-refractivity contribution >= 4 is 27.7 Å². The topological polar surface area (TPSA) is 37.8 Å². The molecule has 1 N–H and O–H groups in total. The van der Waals surface area contributed by atoms with Crippen molar-refractivity contribution in [1.29, 1.82) is 0 Å². The van der Waals surface area contributed by atoms with Crippen LogP contribution in [0.4, 0.5) is 0 Å². The molecule has 0 spiro atoms. The summed E-state index contributed by atoms with van der Waals surface area (Å²) < 4.78 is 1.10. The average molecular weight is 366 g/mol. The van der Waals surface area contributed by atoms with Gasteiger partial charge in [0, 0.05) is 32.9 Å². The Morgan fingerprint density at radius 1 is 1.19 bits per heavy atom. The van der Waals surface area contributed by atoms with Crippen molar-refractivity contribution in [2.45, 2.75) is 38.0 Å². The molecule has 21 heavy (non-hydrogen) atoms. The molecule has 0 unspecified atom stereocenters. The second-order valence-electron chi connectivity index (χ2n) is 4.82. The van der Waals surface area contributed by atoms with Crippen LogP contribution in [0.5, 0.6) is 0 Å². The second kappa shape index (κ2) is 7.92. The lowest BCUT2D eigenvalue weighted by Gasteiger charge is -2.11. The predicted molar refractivity (Wildman–Crippen MR) is 92.6 cm³/mol. The molecule has 0 radical (unpaired) electrons. The first kappa shape index (κ1) is 16.5. The average Bonchev–Trinajstić information content (AvgIpc) is 2.44. The molecule has 0 aliphatic heterocycles. The Hall–Kier alpha value is -0.910. The Morgan fingerprint density at radius 3 is 2.52 bits per heavy atom. The van der Waals surface area contributed by atoms with E-state index in [-0.39, 0.29) is 0 Å². The van der Waals surface area contributed by atoms with E-state index in [1.165, 1.54) is 10.5 Å². The van der Waals surface area contributed by atoms with Gasteiger partial charge in [-0.2, -0.15) is 0 Å². The molecule has 0 saturated carbocycles. The molecule has 1 heterocycles. The minimum absolute atomic E-state index is 0.791. The molecule has 2 rings (SSSR count). The van der Waals surface area contributed by atoms with E-state index in [0.29, 0.717) is 0 Å². The van der Waals surface area contributed by atoms with Crippen LogP contribution in [0.15, 0.2) is 33.6 Å². The molecule has 0 fully saturated rings. The third-order valence-electron chi connectivity index (χ3n) is 3.18. The van der Waals surface area contributed by atoms with Crippen LogP contribution in [0.25, 0.3) is 0 Å². The van der Waals surface area contributed by atoms with Crippen LogP contribution in [0.3, 0.4) is 0 Å². The van der Waals surface area contributed by atoms with Crippen molar-refractivity contribution in [2.75, 3.05) is 6.54 Å². The maximum absolute atomic E-state index is 4.64. The molecule has 0 bridgehead atoms. The fourth-order valence-corrected chi connectivity index (χ4v) is 3.44. The Morgan fingerprint density at radius 2 is 1.90 bits per heavy atom. The van der Waals surface area contributed by atoms with Crippen LogP contribution >= 0.6 is 27.7 Å². The van der Waals surface area contributed by atoms with Gasteiger partial charge in [-0.05, 0) is 38.6 Å². The number of aryl methyl sites for hydroxylation is 2. The molecule has 0 saturated heterocycles. The summed E-state index contributed by atoms with van der Waals surface area (Å²) in [6.45, 7) is 8.03. The van der Waals surface area contributed by atoms with E-state index >= 15 is 0 Å². The van der Waals surface area contributed by atoms with E-state index in [1.54, 1.807) is 11.8 Å². The van der Waals surface area contributed by atoms with Crippen LogP contribution < -0.4 is 5.32 Å². The quantitative estimate of drug-likeness (QED) is 0.776. The maximum atomic E-state index is 4.64. The molecule has 112 valence electrons. The monoisotopic (exact) mass is 365 g/mol. The van der Waals surface area contributed by atoms with Crippen LogP contribution in [-0.2, 0) is 12.3 Å². The van der Waals surface area contributed by atoms with E-state index in [0.717, 1.165) is 40.5 Å². The van der Waals surface area contributed by atoms with Gasteiger partial charge in [-0.3, -0.25) is 0 Å². The van der Waals surface area contributed by atoms with Gasteiger partial charge >= 0.3 is 0 Å². The fraction of sp³-hybridized carbons (Fsp3) is 0.375. The van der Waals surface area contributed by atoms with E-state index in [1.807, 2.05) is 12.1 Å². The first-order chi connectivity index (χ1) is 10.1. The number of nitrogens with zero attached hydrogens (tertiary/aromatic N) is 2. The highest BCUT2D eigenvalue weighted by Crippen LogP contribution is 2.24. The molecule has 0 amide bonds. The highest BCUT2D eigenvalue weighted by Gasteiger charge is 2.08. The van der Waals surface area contributed by atoms with E-state index in [4.69, 9.17) is 0 Å². The van der Waals surface area contributed by atoms with Crippen LogP contribution in [0, 0.1) is 13.8 Å². The largest absolute Gasteiger partial charge is 0.313 e. The van der Waals surface area contributed by atoms with Gasteiger partial charge in [0.25, 0.3) is 0 Å². The molecule has 5 heteroatoms. The van der Waals surface area contributed by atoms with E-state index in [2.05, 4.69) is 64.1 Å². The van der Waals surface area contributed by atoms with E-state index < -0.39 is 0 Å². The van der Waals surface area contributed by atoms with Crippen molar-refractivity contribution in [3.8, 4) is 0 Å². The standard InChI is InChI=1S/C16H20BrN3S/c1-4-18-9-15-11(2)19-16(20-12(15)3)10-21-14-7-5-6-13(17)8-14/h5-8,18H,4,9-10H2,1-3H3. The molecule has 0 aliphatic carbocycles. The number of hydrogen-bond donors (Lipinski definition) is 1. The summed E-state index contributed by atoms with van der Waals surface area (Å²) in [5.74, 6) is 1.69. The number of aromatic nitrogens is 2.